The molecule has 31 heavy (non-hydrogen) atoms. The van der Waals surface area contributed by atoms with Gasteiger partial charge in [0.05, 0.1) is 18.2 Å². The first kappa shape index (κ1) is 21.5. The van der Waals surface area contributed by atoms with Gasteiger partial charge in [-0.2, -0.15) is 0 Å². The topological polar surface area (TPSA) is 58.4 Å². The standard InChI is InChI=1S/C22H21ClFN3O3S/c1-2-8-27-20(13-30-18-7-4-3-6-17(18)24)25-26-22(27)31-14-15-11-16(23)21-19(12-15)28-9-5-10-29-21/h2-4,6-7,11-12H,1,5,8-10,13-14H2. The lowest BCUT2D eigenvalue weighted by Crippen LogP contribution is -2.08. The van der Waals surface area contributed by atoms with E-state index >= 15 is 0 Å². The van der Waals surface area contributed by atoms with E-state index in [-0.39, 0.29) is 12.4 Å². The number of thioether (sulfide) groups is 1. The molecule has 0 saturated carbocycles. The highest BCUT2D eigenvalue weighted by Gasteiger charge is 2.17. The SMILES string of the molecule is C=CCn1c(COc2ccccc2F)nnc1SCc1cc(Cl)c2c(c1)OCCCO2. The van der Waals surface area contributed by atoms with Gasteiger partial charge in [0.1, 0.15) is 6.61 Å². The van der Waals surface area contributed by atoms with Crippen LogP contribution in [0.25, 0.3) is 0 Å². The monoisotopic (exact) mass is 461 g/mol. The first-order valence-electron chi connectivity index (χ1n) is 9.77. The summed E-state index contributed by atoms with van der Waals surface area (Å²) in [5.74, 6) is 2.20. The summed E-state index contributed by atoms with van der Waals surface area (Å²) in [5.41, 5.74) is 0.983. The predicted octanol–water partition coefficient (Wildman–Crippen LogP) is 5.29. The molecular weight excluding hydrogens is 441 g/mol. The second-order valence-corrected chi connectivity index (χ2v) is 8.11. The Morgan fingerprint density at radius 1 is 1.23 bits per heavy atom. The molecule has 0 radical (unpaired) electrons. The zero-order valence-electron chi connectivity index (χ0n) is 16.7. The molecule has 1 aliphatic rings. The molecule has 1 aliphatic heterocycles. The summed E-state index contributed by atoms with van der Waals surface area (Å²) in [5, 5.41) is 9.73. The lowest BCUT2D eigenvalue weighted by Gasteiger charge is -2.12. The Kier molecular flexibility index (Phi) is 6.99. The van der Waals surface area contributed by atoms with Crippen molar-refractivity contribution in [3.05, 3.63) is 71.3 Å². The molecule has 0 bridgehead atoms. The number of aromatic nitrogens is 3. The van der Waals surface area contributed by atoms with Crippen molar-refractivity contribution in [1.29, 1.82) is 0 Å². The molecule has 0 atom stereocenters. The minimum Gasteiger partial charge on any atom is -0.489 e. The fraction of sp³-hybridized carbons (Fsp3) is 0.273. The van der Waals surface area contributed by atoms with Crippen molar-refractivity contribution in [1.82, 2.24) is 14.8 Å². The van der Waals surface area contributed by atoms with E-state index in [1.807, 2.05) is 16.7 Å². The highest BCUT2D eigenvalue weighted by atomic mass is 35.5. The van der Waals surface area contributed by atoms with E-state index in [4.69, 9.17) is 25.8 Å². The van der Waals surface area contributed by atoms with Gasteiger partial charge in [0.2, 0.25) is 0 Å². The van der Waals surface area contributed by atoms with Crippen molar-refractivity contribution in [2.75, 3.05) is 13.2 Å². The zero-order chi connectivity index (χ0) is 21.6. The van der Waals surface area contributed by atoms with E-state index in [1.54, 1.807) is 24.3 Å². The van der Waals surface area contributed by atoms with Crippen LogP contribution in [0.5, 0.6) is 17.2 Å². The number of fused-ring (bicyclic) bond motifs is 1. The largest absolute Gasteiger partial charge is 0.489 e. The number of hydrogen-bond donors (Lipinski definition) is 0. The summed E-state index contributed by atoms with van der Waals surface area (Å²) in [6, 6.07) is 10.1. The Bertz CT molecular complexity index is 1080. The van der Waals surface area contributed by atoms with Gasteiger partial charge in [-0.15, -0.1) is 16.8 Å². The van der Waals surface area contributed by atoms with Gasteiger partial charge in [0, 0.05) is 18.7 Å². The molecule has 9 heteroatoms. The van der Waals surface area contributed by atoms with Crippen molar-refractivity contribution in [3.8, 4) is 17.2 Å². The second-order valence-electron chi connectivity index (χ2n) is 6.76. The van der Waals surface area contributed by atoms with Crippen LogP contribution in [-0.2, 0) is 18.9 Å². The van der Waals surface area contributed by atoms with Crippen molar-refractivity contribution in [2.24, 2.45) is 0 Å². The van der Waals surface area contributed by atoms with Crippen LogP contribution >= 0.6 is 23.4 Å². The lowest BCUT2D eigenvalue weighted by molar-refractivity contribution is 0.275. The molecule has 3 aromatic rings. The number of allylic oxidation sites excluding steroid dienone is 1. The maximum absolute atomic E-state index is 13.8. The van der Waals surface area contributed by atoms with Crippen LogP contribution in [0.2, 0.25) is 5.02 Å². The Labute approximate surface area is 189 Å². The Morgan fingerprint density at radius 2 is 2.06 bits per heavy atom. The maximum atomic E-state index is 13.8. The van der Waals surface area contributed by atoms with Gasteiger partial charge >= 0.3 is 0 Å². The van der Waals surface area contributed by atoms with Crippen LogP contribution in [-0.4, -0.2) is 28.0 Å². The third-order valence-electron chi connectivity index (χ3n) is 4.53. The number of rotatable bonds is 8. The zero-order valence-corrected chi connectivity index (χ0v) is 18.3. The fourth-order valence-corrected chi connectivity index (χ4v) is 4.25. The highest BCUT2D eigenvalue weighted by Crippen LogP contribution is 2.39. The Balaban J connectivity index is 1.47. The molecule has 2 aromatic carbocycles. The average Bonchev–Trinajstić information content (AvgIpc) is 2.98. The number of halogens is 2. The fourth-order valence-electron chi connectivity index (χ4n) is 3.06. The quantitative estimate of drug-likeness (QED) is 0.335. The molecule has 0 amide bonds. The van der Waals surface area contributed by atoms with Crippen molar-refractivity contribution < 1.29 is 18.6 Å². The number of para-hydroxylation sites is 1. The molecule has 162 valence electrons. The van der Waals surface area contributed by atoms with Gasteiger partial charge in [-0.25, -0.2) is 4.39 Å². The van der Waals surface area contributed by atoms with E-state index in [0.29, 0.717) is 53.0 Å². The van der Waals surface area contributed by atoms with Gasteiger partial charge < -0.3 is 14.2 Å². The highest BCUT2D eigenvalue weighted by molar-refractivity contribution is 7.98. The molecule has 0 aliphatic carbocycles. The number of benzene rings is 2. The third kappa shape index (κ3) is 5.14. The van der Waals surface area contributed by atoms with Crippen LogP contribution in [0.4, 0.5) is 4.39 Å². The van der Waals surface area contributed by atoms with Crippen molar-refractivity contribution in [3.63, 3.8) is 0 Å². The average molecular weight is 462 g/mol. The van der Waals surface area contributed by atoms with Gasteiger partial charge in [0.25, 0.3) is 0 Å². The van der Waals surface area contributed by atoms with Gasteiger partial charge in [-0.3, -0.25) is 4.57 Å². The summed E-state index contributed by atoms with van der Waals surface area (Å²) in [6.07, 6.45) is 2.57. The molecule has 0 spiro atoms. The molecule has 0 saturated heterocycles. The first-order chi connectivity index (χ1) is 15.2. The van der Waals surface area contributed by atoms with E-state index in [0.717, 1.165) is 12.0 Å². The molecule has 0 fully saturated rings. The molecule has 2 heterocycles. The molecule has 1 aromatic heterocycles. The summed E-state index contributed by atoms with van der Waals surface area (Å²) in [6.45, 7) is 5.59. The van der Waals surface area contributed by atoms with Gasteiger partial charge in [0.15, 0.2) is 34.0 Å². The van der Waals surface area contributed by atoms with E-state index in [1.165, 1.54) is 17.8 Å². The van der Waals surface area contributed by atoms with E-state index in [9.17, 15) is 4.39 Å². The minimum atomic E-state index is -0.418. The molecule has 0 N–H and O–H groups in total. The first-order valence-corrected chi connectivity index (χ1v) is 11.1. The predicted molar refractivity (Wildman–Crippen MR) is 118 cm³/mol. The minimum absolute atomic E-state index is 0.0954. The van der Waals surface area contributed by atoms with Crippen LogP contribution < -0.4 is 14.2 Å². The number of nitrogens with zero attached hydrogens (tertiary/aromatic N) is 3. The summed E-state index contributed by atoms with van der Waals surface area (Å²) in [4.78, 5) is 0. The van der Waals surface area contributed by atoms with Crippen molar-refractivity contribution >= 4 is 23.4 Å². The molecular formula is C22H21ClFN3O3S. The normalized spacial score (nSPS) is 13.0. The maximum Gasteiger partial charge on any atom is 0.191 e. The number of ether oxygens (including phenoxy) is 3. The van der Waals surface area contributed by atoms with Crippen LogP contribution in [0.15, 0.2) is 54.2 Å². The van der Waals surface area contributed by atoms with Crippen LogP contribution in [0, 0.1) is 5.82 Å². The summed E-state index contributed by atoms with van der Waals surface area (Å²) < 4.78 is 32.7. The van der Waals surface area contributed by atoms with Crippen LogP contribution in [0.1, 0.15) is 17.8 Å². The van der Waals surface area contributed by atoms with Gasteiger partial charge in [-0.05, 0) is 29.8 Å². The Hall–Kier alpha value is -2.71. The second kappa shape index (κ2) is 10.1. The van der Waals surface area contributed by atoms with E-state index in [2.05, 4.69) is 16.8 Å². The summed E-state index contributed by atoms with van der Waals surface area (Å²) in [7, 11) is 0. The van der Waals surface area contributed by atoms with E-state index < -0.39 is 5.82 Å². The smallest absolute Gasteiger partial charge is 0.191 e. The Morgan fingerprint density at radius 3 is 2.90 bits per heavy atom. The third-order valence-corrected chi connectivity index (χ3v) is 5.85. The summed E-state index contributed by atoms with van der Waals surface area (Å²) >= 11 is 7.90. The molecule has 4 rings (SSSR count). The van der Waals surface area contributed by atoms with Gasteiger partial charge in [-0.1, -0.05) is 41.6 Å². The van der Waals surface area contributed by atoms with Crippen molar-refractivity contribution in [2.45, 2.75) is 30.5 Å². The lowest BCUT2D eigenvalue weighted by atomic mass is 10.2. The van der Waals surface area contributed by atoms with Crippen LogP contribution in [0.3, 0.4) is 0 Å². The number of hydrogen-bond acceptors (Lipinski definition) is 6. The molecule has 6 nitrogen and oxygen atoms in total. The molecule has 0 unspecified atom stereocenters.